The van der Waals surface area contributed by atoms with Crippen LogP contribution in [0.5, 0.6) is 0 Å². The average Bonchev–Trinajstić information content (AvgIpc) is 2.79. The minimum atomic E-state index is -4.04. The van der Waals surface area contributed by atoms with Crippen LogP contribution in [0.15, 0.2) is 20.9 Å². The van der Waals surface area contributed by atoms with E-state index >= 15 is 0 Å². The van der Waals surface area contributed by atoms with Crippen LogP contribution < -0.4 is 16.4 Å². The SMILES string of the molecule is CC(=O)O[C@H]1C[C@](N=[N+]=[N-])(n2cc(C)c(=O)[nH]c2=O)O[C@@H]1CS(N)(=O)=O. The summed E-state index contributed by atoms with van der Waals surface area (Å²) >= 11 is 0. The van der Waals surface area contributed by atoms with Crippen molar-refractivity contribution in [3.63, 3.8) is 0 Å². The predicted molar refractivity (Wildman–Crippen MR) is 86.2 cm³/mol. The molecule has 1 aliphatic heterocycles. The number of nitrogens with one attached hydrogen (secondary N) is 1. The minimum absolute atomic E-state index is 0.111. The second-order valence-electron chi connectivity index (χ2n) is 5.71. The van der Waals surface area contributed by atoms with Gasteiger partial charge < -0.3 is 9.47 Å². The van der Waals surface area contributed by atoms with E-state index in [4.69, 9.17) is 20.1 Å². The molecule has 2 rings (SSSR count). The average molecular weight is 388 g/mol. The second-order valence-corrected chi connectivity index (χ2v) is 7.37. The van der Waals surface area contributed by atoms with E-state index in [1.165, 1.54) is 6.92 Å². The van der Waals surface area contributed by atoms with Crippen LogP contribution in [0, 0.1) is 6.92 Å². The number of nitrogens with two attached hydrogens (primary N) is 1. The van der Waals surface area contributed by atoms with Crippen LogP contribution in [0.1, 0.15) is 18.9 Å². The van der Waals surface area contributed by atoms with Crippen LogP contribution in [0.2, 0.25) is 0 Å². The van der Waals surface area contributed by atoms with Gasteiger partial charge in [-0.05, 0) is 17.6 Å². The molecule has 0 spiro atoms. The topological polar surface area (TPSA) is 199 Å². The lowest BCUT2D eigenvalue weighted by molar-refractivity contribution is -0.149. The molecule has 1 aliphatic rings. The normalized spacial score (nSPS) is 25.5. The standard InChI is InChI=1S/C12H16N6O7S/c1-6-4-18(11(21)15-10(6)20)12(16-17-13)3-8(24-7(2)19)9(25-12)5-26(14,22)23/h4,8-9H,3,5H2,1-2H3,(H2,14,22,23)(H,15,20,21)/t8-,9+,12-/m0/s1. The van der Waals surface area contributed by atoms with E-state index in [1.54, 1.807) is 0 Å². The summed E-state index contributed by atoms with van der Waals surface area (Å²) in [4.78, 5) is 39.7. The second kappa shape index (κ2) is 6.92. The maximum atomic E-state index is 12.2. The van der Waals surface area contributed by atoms with Gasteiger partial charge in [-0.15, -0.1) is 0 Å². The molecule has 0 aliphatic carbocycles. The highest BCUT2D eigenvalue weighted by atomic mass is 32.2. The van der Waals surface area contributed by atoms with E-state index in [9.17, 15) is 22.8 Å². The third-order valence-corrected chi connectivity index (χ3v) is 4.43. The number of aryl methyl sites for hydroxylation is 1. The number of esters is 1. The number of aromatic nitrogens is 2. The van der Waals surface area contributed by atoms with Gasteiger partial charge in [-0.2, -0.15) is 0 Å². The van der Waals surface area contributed by atoms with Crippen LogP contribution in [0.4, 0.5) is 0 Å². The fraction of sp³-hybridized carbons (Fsp3) is 0.583. The number of primary sulfonamides is 1. The van der Waals surface area contributed by atoms with E-state index in [0.29, 0.717) is 0 Å². The first-order valence-corrected chi connectivity index (χ1v) is 8.94. The fourth-order valence-corrected chi connectivity index (χ4v) is 3.37. The van der Waals surface area contributed by atoms with Crippen molar-refractivity contribution in [2.24, 2.45) is 10.3 Å². The summed E-state index contributed by atoms with van der Waals surface area (Å²) in [5, 5.41) is 8.48. The van der Waals surface area contributed by atoms with E-state index < -0.39 is 51.1 Å². The summed E-state index contributed by atoms with van der Waals surface area (Å²) in [6.45, 7) is 2.50. The summed E-state index contributed by atoms with van der Waals surface area (Å²) in [6, 6.07) is 0. The molecular formula is C12H16N6O7S. The Kier molecular flexibility index (Phi) is 5.23. The quantitative estimate of drug-likeness (QED) is 0.272. The number of azide groups is 1. The molecule has 1 saturated heterocycles. The van der Waals surface area contributed by atoms with Crippen molar-refractivity contribution in [3.8, 4) is 0 Å². The number of aromatic amines is 1. The molecule has 13 nitrogen and oxygen atoms in total. The predicted octanol–water partition coefficient (Wildman–Crippen LogP) is -1.23. The molecule has 0 saturated carbocycles. The van der Waals surface area contributed by atoms with Crippen LogP contribution in [0.3, 0.4) is 0 Å². The summed E-state index contributed by atoms with van der Waals surface area (Å²) in [7, 11) is -4.04. The van der Waals surface area contributed by atoms with Gasteiger partial charge in [0.05, 0.1) is 5.75 Å². The Bertz CT molecular complexity index is 992. The molecule has 0 amide bonds. The molecule has 0 bridgehead atoms. The van der Waals surface area contributed by atoms with E-state index in [2.05, 4.69) is 10.0 Å². The molecular weight excluding hydrogens is 372 g/mol. The number of sulfonamides is 1. The first kappa shape index (κ1) is 19.7. The number of nitrogens with zero attached hydrogens (tertiary/aromatic N) is 4. The largest absolute Gasteiger partial charge is 0.460 e. The zero-order valence-electron chi connectivity index (χ0n) is 13.8. The number of hydrogen-bond acceptors (Lipinski definition) is 8. The summed E-state index contributed by atoms with van der Waals surface area (Å²) in [5.74, 6) is -3.53. The Labute approximate surface area is 146 Å². The van der Waals surface area contributed by atoms with Crippen molar-refractivity contribution in [2.75, 3.05) is 5.75 Å². The third-order valence-electron chi connectivity index (χ3n) is 3.63. The van der Waals surface area contributed by atoms with Crippen molar-refractivity contribution < 1.29 is 22.7 Å². The van der Waals surface area contributed by atoms with Gasteiger partial charge in [0, 0.05) is 30.0 Å². The molecule has 0 unspecified atom stereocenters. The Hall–Kier alpha value is -2.67. The highest BCUT2D eigenvalue weighted by Crippen LogP contribution is 2.38. The molecule has 142 valence electrons. The Morgan fingerprint density at radius 2 is 2.27 bits per heavy atom. The zero-order chi connectivity index (χ0) is 19.7. The number of carbonyl (C=O) groups excluding carboxylic acids is 1. The molecule has 3 N–H and O–H groups in total. The smallest absolute Gasteiger partial charge is 0.330 e. The molecule has 0 aromatic carbocycles. The van der Waals surface area contributed by atoms with Crippen LogP contribution >= 0.6 is 0 Å². The Balaban J connectivity index is 2.60. The highest BCUT2D eigenvalue weighted by Gasteiger charge is 2.51. The van der Waals surface area contributed by atoms with Crippen LogP contribution in [0.25, 0.3) is 10.4 Å². The summed E-state index contributed by atoms with van der Waals surface area (Å²) < 4.78 is 34.2. The maximum absolute atomic E-state index is 12.2. The van der Waals surface area contributed by atoms with Crippen molar-refractivity contribution in [3.05, 3.63) is 43.0 Å². The van der Waals surface area contributed by atoms with Gasteiger partial charge in [0.2, 0.25) is 15.9 Å². The number of carbonyl (C=O) groups is 1. The highest BCUT2D eigenvalue weighted by molar-refractivity contribution is 7.89. The monoisotopic (exact) mass is 388 g/mol. The van der Waals surface area contributed by atoms with Gasteiger partial charge in [0.1, 0.15) is 12.2 Å². The van der Waals surface area contributed by atoms with Crippen molar-refractivity contribution >= 4 is 16.0 Å². The zero-order valence-corrected chi connectivity index (χ0v) is 14.6. The van der Waals surface area contributed by atoms with Gasteiger partial charge in [-0.3, -0.25) is 19.1 Å². The van der Waals surface area contributed by atoms with Crippen LogP contribution in [-0.4, -0.2) is 41.9 Å². The van der Waals surface area contributed by atoms with Gasteiger partial charge in [-0.25, -0.2) is 18.4 Å². The molecule has 1 fully saturated rings. The van der Waals surface area contributed by atoms with E-state index in [-0.39, 0.29) is 12.0 Å². The van der Waals surface area contributed by atoms with Gasteiger partial charge in [0.15, 0.2) is 0 Å². The first-order chi connectivity index (χ1) is 12.0. The molecule has 1 aromatic rings. The molecule has 3 atom stereocenters. The molecule has 2 heterocycles. The van der Waals surface area contributed by atoms with E-state index in [1.807, 2.05) is 4.98 Å². The third kappa shape index (κ3) is 4.11. The maximum Gasteiger partial charge on any atom is 0.330 e. The minimum Gasteiger partial charge on any atom is -0.460 e. The van der Waals surface area contributed by atoms with Crippen molar-refractivity contribution in [1.29, 1.82) is 0 Å². The lowest BCUT2D eigenvalue weighted by Gasteiger charge is -2.25. The van der Waals surface area contributed by atoms with Crippen molar-refractivity contribution in [2.45, 2.75) is 38.3 Å². The number of ether oxygens (including phenoxy) is 2. The van der Waals surface area contributed by atoms with Gasteiger partial charge in [-0.1, -0.05) is 0 Å². The summed E-state index contributed by atoms with van der Waals surface area (Å²) in [5.41, 5.74) is 7.40. The Morgan fingerprint density at radius 1 is 1.62 bits per heavy atom. The molecule has 1 aromatic heterocycles. The lowest BCUT2D eigenvalue weighted by Crippen LogP contribution is -2.43. The fourth-order valence-electron chi connectivity index (χ4n) is 2.62. The number of rotatable bonds is 5. The number of H-pyrrole nitrogens is 1. The molecule has 0 radical (unpaired) electrons. The van der Waals surface area contributed by atoms with Gasteiger partial charge in [0.25, 0.3) is 5.56 Å². The molecule has 26 heavy (non-hydrogen) atoms. The first-order valence-electron chi connectivity index (χ1n) is 7.22. The number of hydrogen-bond donors (Lipinski definition) is 2. The van der Waals surface area contributed by atoms with E-state index in [0.717, 1.165) is 17.7 Å². The van der Waals surface area contributed by atoms with Gasteiger partial charge >= 0.3 is 11.7 Å². The lowest BCUT2D eigenvalue weighted by atomic mass is 10.1. The van der Waals surface area contributed by atoms with Crippen molar-refractivity contribution in [1.82, 2.24) is 9.55 Å². The Morgan fingerprint density at radius 3 is 2.81 bits per heavy atom. The van der Waals surface area contributed by atoms with Crippen LogP contribution in [-0.2, 0) is 30.1 Å². The summed E-state index contributed by atoms with van der Waals surface area (Å²) in [6.07, 6.45) is -1.71. The molecule has 14 heteroatoms.